The number of amides is 2. The molecule has 0 bridgehead atoms. The van der Waals surface area contributed by atoms with Crippen LogP contribution in [0.3, 0.4) is 0 Å². The van der Waals surface area contributed by atoms with E-state index < -0.39 is 5.60 Å². The summed E-state index contributed by atoms with van der Waals surface area (Å²) < 4.78 is 24.5. The predicted molar refractivity (Wildman–Crippen MR) is 172 cm³/mol. The first-order valence-corrected chi connectivity index (χ1v) is 15.2. The van der Waals surface area contributed by atoms with Gasteiger partial charge in [-0.15, -0.1) is 0 Å². The van der Waals surface area contributed by atoms with Crippen LogP contribution in [0.15, 0.2) is 103 Å². The minimum Gasteiger partial charge on any atom is -0.485 e. The van der Waals surface area contributed by atoms with Crippen molar-refractivity contribution in [3.05, 3.63) is 125 Å². The number of carbonyl (C=O) groups excluding carboxylic acids is 2. The summed E-state index contributed by atoms with van der Waals surface area (Å²) in [5.74, 6) is 1.08. The molecule has 1 heterocycles. The molecule has 0 N–H and O–H groups in total. The first-order valence-electron chi connectivity index (χ1n) is 15.2. The fraction of sp³-hybridized carbons (Fsp3) is 0.297. The van der Waals surface area contributed by atoms with Crippen LogP contribution in [0.1, 0.15) is 47.8 Å². The van der Waals surface area contributed by atoms with Crippen LogP contribution in [0, 0.1) is 0 Å². The minimum absolute atomic E-state index is 0.178. The van der Waals surface area contributed by atoms with E-state index in [-0.39, 0.29) is 25.2 Å². The van der Waals surface area contributed by atoms with Crippen LogP contribution in [-0.4, -0.2) is 53.6 Å². The maximum absolute atomic E-state index is 13.9. The Hall–Kier alpha value is -4.98. The van der Waals surface area contributed by atoms with E-state index in [1.165, 1.54) is 0 Å². The molecule has 8 nitrogen and oxygen atoms in total. The number of carbonyl (C=O) groups is 2. The van der Waals surface area contributed by atoms with Gasteiger partial charge in [-0.1, -0.05) is 91.0 Å². The standard InChI is InChI=1S/C37H40N2O6/c1-37(2,3)45-36(41)39-21-19-38(20-22-39)35(40)31-23-32(42-25-28-13-7-4-8-14-28)34(44-27-30-17-11-6-12-18-30)33(24-31)43-26-29-15-9-5-10-16-29/h4-18,23-24H,19-22,25-27H2,1-3H3. The van der Waals surface area contributed by atoms with E-state index in [0.29, 0.717) is 55.6 Å². The van der Waals surface area contributed by atoms with Crippen LogP contribution in [0.5, 0.6) is 17.2 Å². The highest BCUT2D eigenvalue weighted by atomic mass is 16.6. The number of hydrogen-bond donors (Lipinski definition) is 0. The molecule has 2 amide bonds. The molecule has 0 radical (unpaired) electrons. The monoisotopic (exact) mass is 608 g/mol. The van der Waals surface area contributed by atoms with E-state index in [9.17, 15) is 9.59 Å². The normalized spacial score (nSPS) is 13.2. The van der Waals surface area contributed by atoms with Crippen LogP contribution in [0.2, 0.25) is 0 Å². The molecule has 0 saturated carbocycles. The lowest BCUT2D eigenvalue weighted by molar-refractivity contribution is 0.0141. The highest BCUT2D eigenvalue weighted by Crippen LogP contribution is 2.41. The predicted octanol–water partition coefficient (Wildman–Crippen LogP) is 7.12. The van der Waals surface area contributed by atoms with Crippen molar-refractivity contribution in [1.82, 2.24) is 9.80 Å². The lowest BCUT2D eigenvalue weighted by Crippen LogP contribution is -2.51. The Kier molecular flexibility index (Phi) is 10.2. The molecule has 0 spiro atoms. The van der Waals surface area contributed by atoms with Gasteiger partial charge in [-0.2, -0.15) is 0 Å². The van der Waals surface area contributed by atoms with Crippen molar-refractivity contribution >= 4 is 12.0 Å². The van der Waals surface area contributed by atoms with Crippen LogP contribution < -0.4 is 14.2 Å². The number of ether oxygens (including phenoxy) is 4. The topological polar surface area (TPSA) is 77.5 Å². The summed E-state index contributed by atoms with van der Waals surface area (Å²) >= 11 is 0. The molecule has 0 aliphatic carbocycles. The van der Waals surface area contributed by atoms with Crippen molar-refractivity contribution in [2.24, 2.45) is 0 Å². The van der Waals surface area contributed by atoms with E-state index in [4.69, 9.17) is 18.9 Å². The zero-order valence-corrected chi connectivity index (χ0v) is 26.1. The molecule has 1 aliphatic heterocycles. The third-order valence-corrected chi connectivity index (χ3v) is 7.19. The molecule has 0 atom stereocenters. The number of rotatable bonds is 10. The Morgan fingerprint density at radius 1 is 0.600 bits per heavy atom. The summed E-state index contributed by atoms with van der Waals surface area (Å²) in [6.45, 7) is 7.91. The van der Waals surface area contributed by atoms with Crippen molar-refractivity contribution in [3.63, 3.8) is 0 Å². The summed E-state index contributed by atoms with van der Waals surface area (Å²) in [7, 11) is 0. The number of hydrogen-bond acceptors (Lipinski definition) is 6. The van der Waals surface area contributed by atoms with Gasteiger partial charge in [-0.3, -0.25) is 4.79 Å². The van der Waals surface area contributed by atoms with Gasteiger partial charge in [0.25, 0.3) is 5.91 Å². The van der Waals surface area contributed by atoms with Gasteiger partial charge < -0.3 is 28.7 Å². The maximum Gasteiger partial charge on any atom is 0.410 e. The van der Waals surface area contributed by atoms with Gasteiger partial charge in [0.05, 0.1) is 0 Å². The van der Waals surface area contributed by atoms with E-state index >= 15 is 0 Å². The van der Waals surface area contributed by atoms with Crippen molar-refractivity contribution in [2.75, 3.05) is 26.2 Å². The van der Waals surface area contributed by atoms with Gasteiger partial charge in [-0.25, -0.2) is 4.79 Å². The largest absolute Gasteiger partial charge is 0.485 e. The molecular formula is C37H40N2O6. The highest BCUT2D eigenvalue weighted by molar-refractivity contribution is 5.96. The third kappa shape index (κ3) is 9.01. The first-order chi connectivity index (χ1) is 21.7. The second kappa shape index (κ2) is 14.7. The van der Waals surface area contributed by atoms with E-state index in [0.717, 1.165) is 16.7 Å². The second-order valence-electron chi connectivity index (χ2n) is 11.9. The van der Waals surface area contributed by atoms with Crippen LogP contribution in [-0.2, 0) is 24.6 Å². The molecule has 4 aromatic carbocycles. The fourth-order valence-corrected chi connectivity index (χ4v) is 4.86. The van der Waals surface area contributed by atoms with E-state index in [1.807, 2.05) is 112 Å². The molecule has 234 valence electrons. The Morgan fingerprint density at radius 2 is 1.00 bits per heavy atom. The highest BCUT2D eigenvalue weighted by Gasteiger charge is 2.29. The Bertz CT molecular complexity index is 1480. The van der Waals surface area contributed by atoms with Gasteiger partial charge in [0.15, 0.2) is 11.5 Å². The summed E-state index contributed by atoms with van der Waals surface area (Å²) in [5, 5.41) is 0. The average Bonchev–Trinajstić information content (AvgIpc) is 3.06. The molecule has 0 unspecified atom stereocenters. The quantitative estimate of drug-likeness (QED) is 0.191. The van der Waals surface area contributed by atoms with Gasteiger partial charge in [-0.05, 0) is 49.6 Å². The molecule has 1 fully saturated rings. The van der Waals surface area contributed by atoms with Gasteiger partial charge in [0, 0.05) is 31.7 Å². The molecule has 4 aromatic rings. The van der Waals surface area contributed by atoms with Crippen LogP contribution in [0.4, 0.5) is 4.79 Å². The average molecular weight is 609 g/mol. The summed E-state index contributed by atoms with van der Waals surface area (Å²) in [4.78, 5) is 29.8. The van der Waals surface area contributed by atoms with Crippen molar-refractivity contribution < 1.29 is 28.5 Å². The molecular weight excluding hydrogens is 568 g/mol. The van der Waals surface area contributed by atoms with Crippen LogP contribution >= 0.6 is 0 Å². The molecule has 45 heavy (non-hydrogen) atoms. The number of piperazine rings is 1. The minimum atomic E-state index is -0.583. The first kappa shape index (κ1) is 31.4. The molecule has 5 rings (SSSR count). The second-order valence-corrected chi connectivity index (χ2v) is 11.9. The van der Waals surface area contributed by atoms with Crippen LogP contribution in [0.25, 0.3) is 0 Å². The summed E-state index contributed by atoms with van der Waals surface area (Å²) in [6, 6.07) is 33.0. The Labute approximate surface area is 265 Å². The molecule has 1 saturated heterocycles. The molecule has 8 heteroatoms. The number of benzene rings is 4. The van der Waals surface area contributed by atoms with Crippen molar-refractivity contribution in [1.29, 1.82) is 0 Å². The fourth-order valence-electron chi connectivity index (χ4n) is 4.86. The van der Waals surface area contributed by atoms with E-state index in [2.05, 4.69) is 0 Å². The Balaban J connectivity index is 1.42. The van der Waals surface area contributed by atoms with Gasteiger partial charge in [0.2, 0.25) is 5.75 Å². The maximum atomic E-state index is 13.9. The summed E-state index contributed by atoms with van der Waals surface area (Å²) in [6.07, 6.45) is -0.372. The van der Waals surface area contributed by atoms with E-state index in [1.54, 1.807) is 21.9 Å². The third-order valence-electron chi connectivity index (χ3n) is 7.19. The zero-order valence-electron chi connectivity index (χ0n) is 26.1. The van der Waals surface area contributed by atoms with Gasteiger partial charge >= 0.3 is 6.09 Å². The van der Waals surface area contributed by atoms with Crippen molar-refractivity contribution in [2.45, 2.75) is 46.2 Å². The molecule has 1 aliphatic rings. The SMILES string of the molecule is CC(C)(C)OC(=O)N1CCN(C(=O)c2cc(OCc3ccccc3)c(OCc3ccccc3)c(OCc3ccccc3)c2)CC1. The lowest BCUT2D eigenvalue weighted by atomic mass is 10.1. The number of nitrogens with zero attached hydrogens (tertiary/aromatic N) is 2. The summed E-state index contributed by atoms with van der Waals surface area (Å²) in [5.41, 5.74) is 2.78. The van der Waals surface area contributed by atoms with Crippen molar-refractivity contribution in [3.8, 4) is 17.2 Å². The molecule has 0 aromatic heterocycles. The Morgan fingerprint density at radius 3 is 1.42 bits per heavy atom. The smallest absolute Gasteiger partial charge is 0.410 e. The van der Waals surface area contributed by atoms with Gasteiger partial charge in [0.1, 0.15) is 25.4 Å². The zero-order chi connectivity index (χ0) is 31.6. The lowest BCUT2D eigenvalue weighted by Gasteiger charge is -2.35.